The maximum absolute atomic E-state index is 5.99. The van der Waals surface area contributed by atoms with Crippen molar-refractivity contribution in [2.45, 2.75) is 19.4 Å². The van der Waals surface area contributed by atoms with Crippen molar-refractivity contribution in [3.63, 3.8) is 0 Å². The SMILES string of the molecule is Cc1cc(N2CCC(N)C2)c2ccccc2n1. The van der Waals surface area contributed by atoms with E-state index < -0.39 is 0 Å². The van der Waals surface area contributed by atoms with Gasteiger partial charge in [0.15, 0.2) is 0 Å². The largest absolute Gasteiger partial charge is 0.369 e. The number of nitrogens with two attached hydrogens (primary N) is 1. The van der Waals surface area contributed by atoms with Gasteiger partial charge in [-0.25, -0.2) is 0 Å². The summed E-state index contributed by atoms with van der Waals surface area (Å²) in [7, 11) is 0. The van der Waals surface area contributed by atoms with Gasteiger partial charge in [-0.15, -0.1) is 0 Å². The van der Waals surface area contributed by atoms with E-state index in [0.29, 0.717) is 6.04 Å². The Bertz CT molecular complexity index is 550. The molecule has 1 aliphatic rings. The first-order chi connectivity index (χ1) is 8.24. The van der Waals surface area contributed by atoms with Gasteiger partial charge in [0.25, 0.3) is 0 Å². The number of aromatic nitrogens is 1. The monoisotopic (exact) mass is 227 g/mol. The number of nitrogens with zero attached hydrogens (tertiary/aromatic N) is 2. The van der Waals surface area contributed by atoms with Crippen LogP contribution in [0.1, 0.15) is 12.1 Å². The Labute approximate surface area is 101 Å². The highest BCUT2D eigenvalue weighted by molar-refractivity contribution is 5.92. The summed E-state index contributed by atoms with van der Waals surface area (Å²) in [4.78, 5) is 6.95. The van der Waals surface area contributed by atoms with E-state index in [9.17, 15) is 0 Å². The fourth-order valence-corrected chi connectivity index (χ4v) is 2.55. The molecule has 0 amide bonds. The summed E-state index contributed by atoms with van der Waals surface area (Å²) in [5.41, 5.74) is 9.41. The molecule has 2 aromatic rings. The van der Waals surface area contributed by atoms with Crippen molar-refractivity contribution in [3.8, 4) is 0 Å². The van der Waals surface area contributed by atoms with Crippen LogP contribution in [-0.4, -0.2) is 24.1 Å². The first kappa shape index (κ1) is 10.5. The van der Waals surface area contributed by atoms with Gasteiger partial charge < -0.3 is 10.6 Å². The zero-order chi connectivity index (χ0) is 11.8. The van der Waals surface area contributed by atoms with Crippen LogP contribution in [0.15, 0.2) is 30.3 Å². The van der Waals surface area contributed by atoms with Crippen LogP contribution >= 0.6 is 0 Å². The number of anilines is 1. The molecule has 1 aromatic carbocycles. The number of hydrogen-bond donors (Lipinski definition) is 1. The Morgan fingerprint density at radius 1 is 1.35 bits per heavy atom. The molecule has 0 saturated carbocycles. The van der Waals surface area contributed by atoms with Crippen LogP contribution in [0.3, 0.4) is 0 Å². The van der Waals surface area contributed by atoms with E-state index in [4.69, 9.17) is 5.73 Å². The van der Waals surface area contributed by atoms with Crippen molar-refractivity contribution in [2.24, 2.45) is 5.73 Å². The third-order valence-electron chi connectivity index (χ3n) is 3.39. The van der Waals surface area contributed by atoms with E-state index in [0.717, 1.165) is 30.7 Å². The van der Waals surface area contributed by atoms with E-state index in [2.05, 4.69) is 34.1 Å². The molecule has 0 radical (unpaired) electrons. The summed E-state index contributed by atoms with van der Waals surface area (Å²) in [5.74, 6) is 0. The number of hydrogen-bond acceptors (Lipinski definition) is 3. The minimum absolute atomic E-state index is 0.308. The van der Waals surface area contributed by atoms with Crippen molar-refractivity contribution < 1.29 is 0 Å². The van der Waals surface area contributed by atoms with Crippen molar-refractivity contribution in [1.29, 1.82) is 0 Å². The van der Waals surface area contributed by atoms with E-state index in [-0.39, 0.29) is 0 Å². The van der Waals surface area contributed by atoms with Crippen molar-refractivity contribution >= 4 is 16.6 Å². The molecule has 2 heterocycles. The number of rotatable bonds is 1. The second kappa shape index (κ2) is 4.00. The number of para-hydroxylation sites is 1. The smallest absolute Gasteiger partial charge is 0.0726 e. The van der Waals surface area contributed by atoms with Gasteiger partial charge in [0.2, 0.25) is 0 Å². The third kappa shape index (κ3) is 1.87. The summed E-state index contributed by atoms with van der Waals surface area (Å²) >= 11 is 0. The summed E-state index contributed by atoms with van der Waals surface area (Å²) in [6.07, 6.45) is 1.08. The minimum atomic E-state index is 0.308. The Balaban J connectivity index is 2.14. The van der Waals surface area contributed by atoms with Gasteiger partial charge in [-0.3, -0.25) is 4.98 Å². The second-order valence-corrected chi connectivity index (χ2v) is 4.79. The molecular formula is C14H17N3. The summed E-state index contributed by atoms with van der Waals surface area (Å²) < 4.78 is 0. The van der Waals surface area contributed by atoms with Crippen LogP contribution in [0.25, 0.3) is 10.9 Å². The van der Waals surface area contributed by atoms with Crippen LogP contribution < -0.4 is 10.6 Å². The summed E-state index contributed by atoms with van der Waals surface area (Å²) in [6.45, 7) is 4.05. The van der Waals surface area contributed by atoms with E-state index in [1.807, 2.05) is 13.0 Å². The molecule has 0 bridgehead atoms. The lowest BCUT2D eigenvalue weighted by Gasteiger charge is -2.20. The van der Waals surface area contributed by atoms with Gasteiger partial charge in [0.1, 0.15) is 0 Å². The number of pyridine rings is 1. The van der Waals surface area contributed by atoms with Crippen molar-refractivity contribution in [3.05, 3.63) is 36.0 Å². The number of aryl methyl sites for hydroxylation is 1. The molecule has 3 rings (SSSR count). The lowest BCUT2D eigenvalue weighted by atomic mass is 10.1. The Morgan fingerprint density at radius 3 is 2.94 bits per heavy atom. The topological polar surface area (TPSA) is 42.1 Å². The first-order valence-corrected chi connectivity index (χ1v) is 6.11. The Hall–Kier alpha value is -1.61. The normalized spacial score (nSPS) is 20.1. The molecule has 1 atom stereocenters. The van der Waals surface area contributed by atoms with Crippen molar-refractivity contribution in [2.75, 3.05) is 18.0 Å². The molecule has 2 N–H and O–H groups in total. The third-order valence-corrected chi connectivity index (χ3v) is 3.39. The fourth-order valence-electron chi connectivity index (χ4n) is 2.55. The highest BCUT2D eigenvalue weighted by Gasteiger charge is 2.21. The Morgan fingerprint density at radius 2 is 2.18 bits per heavy atom. The molecule has 1 fully saturated rings. The average molecular weight is 227 g/mol. The van der Waals surface area contributed by atoms with Crippen LogP contribution in [0.4, 0.5) is 5.69 Å². The molecular weight excluding hydrogens is 210 g/mol. The number of fused-ring (bicyclic) bond motifs is 1. The fraction of sp³-hybridized carbons (Fsp3) is 0.357. The predicted octanol–water partition coefficient (Wildman–Crippen LogP) is 2.08. The van der Waals surface area contributed by atoms with Gasteiger partial charge in [-0.05, 0) is 25.5 Å². The zero-order valence-corrected chi connectivity index (χ0v) is 10.1. The maximum Gasteiger partial charge on any atom is 0.0726 e. The lowest BCUT2D eigenvalue weighted by molar-refractivity contribution is 0.752. The molecule has 3 heteroatoms. The molecule has 1 unspecified atom stereocenters. The predicted molar refractivity (Wildman–Crippen MR) is 71.3 cm³/mol. The van der Waals surface area contributed by atoms with Crippen molar-refractivity contribution in [1.82, 2.24) is 4.98 Å². The minimum Gasteiger partial charge on any atom is -0.369 e. The summed E-state index contributed by atoms with van der Waals surface area (Å²) in [5, 5.41) is 1.23. The standard InChI is InChI=1S/C14H17N3/c1-10-8-14(17-7-6-11(15)9-17)12-4-2-3-5-13(12)16-10/h2-5,8,11H,6-7,9,15H2,1H3. The molecule has 1 aromatic heterocycles. The molecule has 0 spiro atoms. The molecule has 3 nitrogen and oxygen atoms in total. The molecule has 0 aliphatic carbocycles. The molecule has 1 saturated heterocycles. The molecule has 1 aliphatic heterocycles. The highest BCUT2D eigenvalue weighted by Crippen LogP contribution is 2.28. The van der Waals surface area contributed by atoms with E-state index in [1.54, 1.807) is 0 Å². The van der Waals surface area contributed by atoms with Gasteiger partial charge in [0.05, 0.1) is 5.52 Å². The Kier molecular flexibility index (Phi) is 2.48. The quantitative estimate of drug-likeness (QED) is 0.811. The lowest BCUT2D eigenvalue weighted by Crippen LogP contribution is -2.26. The van der Waals surface area contributed by atoms with Gasteiger partial charge in [-0.2, -0.15) is 0 Å². The van der Waals surface area contributed by atoms with Crippen LogP contribution in [0, 0.1) is 6.92 Å². The number of benzene rings is 1. The highest BCUT2D eigenvalue weighted by atomic mass is 15.2. The van der Waals surface area contributed by atoms with Gasteiger partial charge in [0, 0.05) is 35.9 Å². The maximum atomic E-state index is 5.99. The zero-order valence-electron chi connectivity index (χ0n) is 10.1. The van der Waals surface area contributed by atoms with Crippen LogP contribution in [-0.2, 0) is 0 Å². The van der Waals surface area contributed by atoms with Crippen LogP contribution in [0.5, 0.6) is 0 Å². The van der Waals surface area contributed by atoms with Gasteiger partial charge in [-0.1, -0.05) is 18.2 Å². The van der Waals surface area contributed by atoms with E-state index >= 15 is 0 Å². The van der Waals surface area contributed by atoms with E-state index in [1.165, 1.54) is 11.1 Å². The second-order valence-electron chi connectivity index (χ2n) is 4.79. The first-order valence-electron chi connectivity index (χ1n) is 6.11. The molecule has 17 heavy (non-hydrogen) atoms. The van der Waals surface area contributed by atoms with Gasteiger partial charge >= 0.3 is 0 Å². The summed E-state index contributed by atoms with van der Waals surface area (Å²) in [6, 6.07) is 10.8. The average Bonchev–Trinajstić information content (AvgIpc) is 2.74. The molecule has 88 valence electrons. The van der Waals surface area contributed by atoms with Crippen LogP contribution in [0.2, 0.25) is 0 Å².